The lowest BCUT2D eigenvalue weighted by Crippen LogP contribution is -2.70. The number of aliphatic hydroxyl groups excluding tert-OH is 2. The summed E-state index contributed by atoms with van der Waals surface area (Å²) in [5, 5.41) is 25.6. The minimum absolute atomic E-state index is 0.0106. The Bertz CT molecular complexity index is 2380. The highest BCUT2D eigenvalue weighted by atomic mass is 32.2. The normalized spacial score (nSPS) is 23.8. The number of hydrogen-bond acceptors (Lipinski definition) is 11. The number of allylic oxidation sites excluding steroid dienone is 1. The number of nitrogens with zero attached hydrogens (tertiary/aromatic N) is 3. The second kappa shape index (κ2) is 20.3. The van der Waals surface area contributed by atoms with Crippen LogP contribution in [0.15, 0.2) is 118 Å². The summed E-state index contributed by atoms with van der Waals surface area (Å²) in [6.45, 7) is 12.3. The van der Waals surface area contributed by atoms with Crippen molar-refractivity contribution in [2.24, 2.45) is 22.9 Å². The molecule has 2 N–H and O–H groups in total. The Hall–Kier alpha value is -4.24. The number of ether oxygens (including phenoxy) is 3. The second-order valence-electron chi connectivity index (χ2n) is 17.7. The van der Waals surface area contributed by atoms with Gasteiger partial charge in [-0.2, -0.15) is 4.31 Å². The fraction of sp³-hybridized carbons (Fsp3) is 0.480. The highest BCUT2D eigenvalue weighted by Crippen LogP contribution is 2.62. The lowest BCUT2D eigenvalue weighted by atomic mass is 9.55. The van der Waals surface area contributed by atoms with Crippen molar-refractivity contribution >= 4 is 38.4 Å². The first kappa shape index (κ1) is 46.7. The number of sulfonamides is 1. The van der Waals surface area contributed by atoms with Gasteiger partial charge in [-0.3, -0.25) is 4.98 Å². The van der Waals surface area contributed by atoms with Gasteiger partial charge < -0.3 is 29.3 Å². The number of aromatic nitrogens is 1. The molecule has 6 atom stereocenters. The van der Waals surface area contributed by atoms with Crippen molar-refractivity contribution in [1.82, 2.24) is 9.29 Å². The number of oxime groups is 1. The summed E-state index contributed by atoms with van der Waals surface area (Å²) in [5.41, 5.74) is 2.23. The molecule has 1 saturated carbocycles. The predicted molar refractivity (Wildman–Crippen MR) is 250 cm³/mol. The van der Waals surface area contributed by atoms with Gasteiger partial charge in [-0.25, -0.2) is 8.42 Å². The van der Waals surface area contributed by atoms with Crippen molar-refractivity contribution in [3.05, 3.63) is 109 Å². The molecule has 0 radical (unpaired) electrons. The van der Waals surface area contributed by atoms with Gasteiger partial charge in [-0.1, -0.05) is 55.3 Å². The van der Waals surface area contributed by atoms with Crippen LogP contribution in [0.3, 0.4) is 0 Å². The summed E-state index contributed by atoms with van der Waals surface area (Å²) >= 11 is 1.67. The molecule has 7 rings (SSSR count). The van der Waals surface area contributed by atoms with Crippen molar-refractivity contribution in [1.29, 1.82) is 0 Å². The first-order valence-corrected chi connectivity index (χ1v) is 25.0. The van der Waals surface area contributed by atoms with E-state index in [1.807, 2.05) is 82.5 Å². The van der Waals surface area contributed by atoms with Gasteiger partial charge in [-0.15, -0.1) is 18.3 Å². The van der Waals surface area contributed by atoms with Crippen LogP contribution < -0.4 is 9.47 Å². The number of rotatable bonds is 20. The number of thioether (sulfide) groups is 1. The van der Waals surface area contributed by atoms with Crippen LogP contribution in [0.1, 0.15) is 90.5 Å². The van der Waals surface area contributed by atoms with Crippen molar-refractivity contribution in [2.45, 2.75) is 112 Å². The van der Waals surface area contributed by atoms with E-state index < -0.39 is 33.4 Å². The van der Waals surface area contributed by atoms with E-state index in [4.69, 9.17) is 24.2 Å². The molecular weight excluding hydrogens is 835 g/mol. The van der Waals surface area contributed by atoms with E-state index in [0.717, 1.165) is 41.7 Å². The van der Waals surface area contributed by atoms with Crippen LogP contribution in [-0.4, -0.2) is 83.7 Å². The van der Waals surface area contributed by atoms with Crippen LogP contribution in [0.2, 0.25) is 0 Å². The maximum absolute atomic E-state index is 15.5. The van der Waals surface area contributed by atoms with Crippen LogP contribution in [0.25, 0.3) is 10.9 Å². The maximum Gasteiger partial charge on any atom is 0.245 e. The zero-order valence-corrected chi connectivity index (χ0v) is 38.9. The van der Waals surface area contributed by atoms with Gasteiger partial charge in [-0.05, 0) is 131 Å². The van der Waals surface area contributed by atoms with Gasteiger partial charge in [0.05, 0.1) is 29.8 Å². The molecule has 13 heteroatoms. The molecule has 338 valence electrons. The third kappa shape index (κ3) is 9.89. The highest BCUT2D eigenvalue weighted by Gasteiger charge is 2.66. The topological polar surface area (TPSA) is 140 Å². The third-order valence-electron chi connectivity index (χ3n) is 12.3. The molecule has 0 spiro atoms. The van der Waals surface area contributed by atoms with Gasteiger partial charge >= 0.3 is 0 Å². The number of benzene rings is 3. The minimum Gasteiger partial charge on any atom is -0.460 e. The SMILES string of the molecule is C=CCOC12Oc3ccc(Oc4ccc(SC)cc4)cc3C3C(CCCCO)C(CCCCO)C=C(C(=NOC(C)(C)C)CC1N(CCC)S(=O)(=O)c1cccc4cccnc14)C32. The number of unbranched alkanes of at least 4 members (excludes halogenated alkanes) is 2. The molecular formula is C50H63N3O8S2. The van der Waals surface area contributed by atoms with Crippen LogP contribution in [0.4, 0.5) is 0 Å². The van der Waals surface area contributed by atoms with Gasteiger partial charge in [0, 0.05) is 54.1 Å². The van der Waals surface area contributed by atoms with E-state index in [1.54, 1.807) is 46.5 Å². The molecule has 2 aliphatic carbocycles. The smallest absolute Gasteiger partial charge is 0.245 e. The molecule has 1 aromatic heterocycles. The number of fused-ring (bicyclic) bond motifs is 3. The van der Waals surface area contributed by atoms with Crippen LogP contribution in [0, 0.1) is 17.8 Å². The molecule has 0 amide bonds. The Morgan fingerprint density at radius 2 is 1.73 bits per heavy atom. The molecule has 6 unspecified atom stereocenters. The average Bonchev–Trinajstić information content (AvgIpc) is 3.28. The zero-order valence-electron chi connectivity index (χ0n) is 37.2. The van der Waals surface area contributed by atoms with E-state index in [2.05, 4.69) is 23.7 Å². The lowest BCUT2D eigenvalue weighted by Gasteiger charge is -2.59. The molecule has 0 bridgehead atoms. The first-order chi connectivity index (χ1) is 30.4. The third-order valence-corrected chi connectivity index (χ3v) is 15.0. The summed E-state index contributed by atoms with van der Waals surface area (Å²) in [4.78, 5) is 12.1. The molecule has 0 saturated heterocycles. The second-order valence-corrected chi connectivity index (χ2v) is 20.4. The number of aliphatic hydroxyl groups is 2. The fourth-order valence-corrected chi connectivity index (χ4v) is 12.0. The minimum atomic E-state index is -4.28. The number of pyridine rings is 1. The Balaban J connectivity index is 1.49. The molecule has 3 aromatic carbocycles. The van der Waals surface area contributed by atoms with E-state index in [9.17, 15) is 10.2 Å². The molecule has 11 nitrogen and oxygen atoms in total. The summed E-state index contributed by atoms with van der Waals surface area (Å²) in [6.07, 6.45) is 12.8. The summed E-state index contributed by atoms with van der Waals surface area (Å²) in [6, 6.07) is 21.9. The summed E-state index contributed by atoms with van der Waals surface area (Å²) < 4.78 is 53.7. The molecule has 1 aliphatic heterocycles. The van der Waals surface area contributed by atoms with E-state index in [-0.39, 0.29) is 55.4 Å². The largest absolute Gasteiger partial charge is 0.460 e. The molecule has 3 aliphatic rings. The summed E-state index contributed by atoms with van der Waals surface area (Å²) in [7, 11) is -4.28. The molecule has 2 heterocycles. The van der Waals surface area contributed by atoms with Gasteiger partial charge in [0.1, 0.15) is 27.7 Å². The van der Waals surface area contributed by atoms with E-state index >= 15 is 8.42 Å². The van der Waals surface area contributed by atoms with Crippen molar-refractivity contribution in [3.8, 4) is 17.2 Å². The van der Waals surface area contributed by atoms with Gasteiger partial charge in [0.25, 0.3) is 0 Å². The Morgan fingerprint density at radius 1 is 1.00 bits per heavy atom. The summed E-state index contributed by atoms with van der Waals surface area (Å²) in [5.74, 6) is -0.393. The maximum atomic E-state index is 15.5. The van der Waals surface area contributed by atoms with Crippen molar-refractivity contribution in [3.63, 3.8) is 0 Å². The Morgan fingerprint density at radius 3 is 2.43 bits per heavy atom. The van der Waals surface area contributed by atoms with Gasteiger partial charge in [0.2, 0.25) is 15.8 Å². The monoisotopic (exact) mass is 897 g/mol. The van der Waals surface area contributed by atoms with E-state index in [0.29, 0.717) is 53.1 Å². The number of hydrogen-bond donors (Lipinski definition) is 2. The van der Waals surface area contributed by atoms with Crippen LogP contribution >= 0.6 is 11.8 Å². The zero-order chi connectivity index (χ0) is 44.8. The molecule has 63 heavy (non-hydrogen) atoms. The Labute approximate surface area is 377 Å². The Kier molecular flexibility index (Phi) is 15.1. The average molecular weight is 898 g/mol. The van der Waals surface area contributed by atoms with Gasteiger partial charge in [0.15, 0.2) is 0 Å². The van der Waals surface area contributed by atoms with Crippen molar-refractivity contribution < 1.29 is 37.7 Å². The quantitative estimate of drug-likeness (QED) is 0.0381. The van der Waals surface area contributed by atoms with Crippen LogP contribution in [-0.2, 0) is 19.6 Å². The first-order valence-electron chi connectivity index (χ1n) is 22.3. The molecule has 1 fully saturated rings. The van der Waals surface area contributed by atoms with E-state index in [1.165, 1.54) is 0 Å². The highest BCUT2D eigenvalue weighted by molar-refractivity contribution is 7.98. The fourth-order valence-electron chi connectivity index (χ4n) is 9.73. The van der Waals surface area contributed by atoms with Crippen molar-refractivity contribution in [2.75, 3.05) is 32.6 Å². The molecule has 4 aromatic rings. The standard InChI is InChI=1S/C50H63N3O8S2/c1-7-27-53(63(56,57)44-19-13-16-34-17-14-26-51-48(34)44)45-33-42(52-61-49(3,4)5)40-31-35(15-9-11-28-54)39(18-10-12-29-55)46-41-32-37(59-36-20-23-38(62-6)24-21-36)22-25-43(41)60-50(45,47(40)46)58-30-8-2/h8,13-14,16-17,19-26,31-32,35,39,45-47,54-55H,2,7,9-12,15,18,27-30,33H2,1,3-6H3. The lowest BCUT2D eigenvalue weighted by molar-refractivity contribution is -0.251. The number of para-hydroxylation sites is 1. The predicted octanol–water partition coefficient (Wildman–Crippen LogP) is 10.3. The van der Waals surface area contributed by atoms with Crippen LogP contribution in [0.5, 0.6) is 17.2 Å².